The third kappa shape index (κ3) is 2.30. The van der Waals surface area contributed by atoms with Gasteiger partial charge in [-0.05, 0) is 25.5 Å². The van der Waals surface area contributed by atoms with Gasteiger partial charge in [-0.15, -0.1) is 0 Å². The fourth-order valence-electron chi connectivity index (χ4n) is 1.91. The van der Waals surface area contributed by atoms with Crippen LogP contribution in [-0.2, 0) is 11.2 Å². The van der Waals surface area contributed by atoms with Crippen LogP contribution in [-0.4, -0.2) is 34.3 Å². The first-order valence-electron chi connectivity index (χ1n) is 5.72. The average molecular weight is 231 g/mol. The predicted octanol–water partition coefficient (Wildman–Crippen LogP) is 1.66. The fourth-order valence-corrected chi connectivity index (χ4v) is 1.91. The molecule has 0 aliphatic rings. The van der Waals surface area contributed by atoms with E-state index < -0.39 is 0 Å². The third-order valence-corrected chi connectivity index (χ3v) is 2.90. The molecule has 2 aromatic rings. The number of carbonyl (C=O) groups excluding carboxylic acids is 1. The van der Waals surface area contributed by atoms with Gasteiger partial charge in [0.05, 0.1) is 5.69 Å². The van der Waals surface area contributed by atoms with Gasteiger partial charge in [-0.2, -0.15) is 0 Å². The van der Waals surface area contributed by atoms with E-state index in [4.69, 9.17) is 0 Å². The van der Waals surface area contributed by atoms with E-state index in [9.17, 15) is 4.79 Å². The first kappa shape index (κ1) is 11.6. The van der Waals surface area contributed by atoms with Crippen LogP contribution >= 0.6 is 0 Å². The van der Waals surface area contributed by atoms with Gasteiger partial charge in [0, 0.05) is 32.4 Å². The summed E-state index contributed by atoms with van der Waals surface area (Å²) in [7, 11) is 3.56. The summed E-state index contributed by atoms with van der Waals surface area (Å²) >= 11 is 0. The molecule has 4 nitrogen and oxygen atoms in total. The highest BCUT2D eigenvalue weighted by Crippen LogP contribution is 2.13. The molecule has 2 heterocycles. The lowest BCUT2D eigenvalue weighted by molar-refractivity contribution is -0.128. The Morgan fingerprint density at radius 3 is 2.88 bits per heavy atom. The predicted molar refractivity (Wildman–Crippen MR) is 66.9 cm³/mol. The molecular weight excluding hydrogens is 214 g/mol. The van der Waals surface area contributed by atoms with Crippen molar-refractivity contribution in [2.75, 3.05) is 14.1 Å². The maximum absolute atomic E-state index is 11.6. The highest BCUT2D eigenvalue weighted by Gasteiger charge is 2.11. The molecule has 0 saturated carbocycles. The van der Waals surface area contributed by atoms with E-state index in [-0.39, 0.29) is 5.91 Å². The van der Waals surface area contributed by atoms with Gasteiger partial charge in [-0.25, -0.2) is 4.98 Å². The summed E-state index contributed by atoms with van der Waals surface area (Å²) in [6.07, 6.45) is 3.25. The molecule has 0 atom stereocenters. The van der Waals surface area contributed by atoms with Gasteiger partial charge in [0.25, 0.3) is 0 Å². The molecule has 0 aliphatic carbocycles. The van der Waals surface area contributed by atoms with Crippen molar-refractivity contribution in [1.29, 1.82) is 0 Å². The summed E-state index contributed by atoms with van der Waals surface area (Å²) < 4.78 is 2.05. The smallest absolute Gasteiger partial charge is 0.222 e. The van der Waals surface area contributed by atoms with E-state index in [1.165, 1.54) is 0 Å². The second kappa shape index (κ2) is 4.57. The molecule has 0 fully saturated rings. The lowest BCUT2D eigenvalue weighted by Gasteiger charge is -2.09. The van der Waals surface area contributed by atoms with Gasteiger partial charge in [-0.3, -0.25) is 4.79 Å². The summed E-state index contributed by atoms with van der Waals surface area (Å²) in [6.45, 7) is 1.99. The van der Waals surface area contributed by atoms with E-state index in [0.29, 0.717) is 6.42 Å². The van der Waals surface area contributed by atoms with Crippen LogP contribution in [0.2, 0.25) is 0 Å². The average Bonchev–Trinajstić information content (AvgIpc) is 2.61. The zero-order chi connectivity index (χ0) is 12.4. The van der Waals surface area contributed by atoms with Crippen LogP contribution in [0.15, 0.2) is 24.4 Å². The Hall–Kier alpha value is -1.84. The maximum atomic E-state index is 11.6. The Labute approximate surface area is 101 Å². The van der Waals surface area contributed by atoms with Crippen LogP contribution in [0.4, 0.5) is 0 Å². The molecule has 0 saturated heterocycles. The number of aromatic nitrogens is 2. The van der Waals surface area contributed by atoms with Gasteiger partial charge >= 0.3 is 0 Å². The summed E-state index contributed by atoms with van der Waals surface area (Å²) in [4.78, 5) is 17.7. The van der Waals surface area contributed by atoms with Crippen LogP contribution < -0.4 is 0 Å². The zero-order valence-corrected chi connectivity index (χ0v) is 10.5. The number of nitrogens with zero attached hydrogens (tertiary/aromatic N) is 3. The lowest BCUT2D eigenvalue weighted by atomic mass is 10.2. The van der Waals surface area contributed by atoms with Gasteiger partial charge in [-0.1, -0.05) is 6.07 Å². The highest BCUT2D eigenvalue weighted by molar-refractivity contribution is 5.75. The molecule has 1 amide bonds. The monoisotopic (exact) mass is 231 g/mol. The molecule has 90 valence electrons. The number of aryl methyl sites for hydroxylation is 2. The molecule has 0 aromatic carbocycles. The number of rotatable bonds is 3. The van der Waals surface area contributed by atoms with Crippen LogP contribution in [0, 0.1) is 6.92 Å². The van der Waals surface area contributed by atoms with Crippen LogP contribution in [0.1, 0.15) is 17.8 Å². The standard InChI is InChI=1S/C13H17N3O/c1-10-11(7-8-13(17)15(2)3)16-9-5-4-6-12(16)14-10/h4-6,9H,7-8H2,1-3H3. The summed E-state index contributed by atoms with van der Waals surface area (Å²) in [6, 6.07) is 5.92. The second-order valence-corrected chi connectivity index (χ2v) is 4.36. The fraction of sp³-hybridized carbons (Fsp3) is 0.385. The number of carbonyl (C=O) groups is 1. The number of pyridine rings is 1. The summed E-state index contributed by atoms with van der Waals surface area (Å²) in [5.74, 6) is 0.148. The molecule has 0 aliphatic heterocycles. The van der Waals surface area contributed by atoms with Gasteiger partial charge in [0.15, 0.2) is 0 Å². The number of imidazole rings is 1. The Balaban J connectivity index is 2.24. The van der Waals surface area contributed by atoms with Crippen molar-refractivity contribution in [3.8, 4) is 0 Å². The molecule has 0 N–H and O–H groups in total. The molecule has 2 rings (SSSR count). The maximum Gasteiger partial charge on any atom is 0.222 e. The van der Waals surface area contributed by atoms with Crippen LogP contribution in [0.25, 0.3) is 5.65 Å². The quantitative estimate of drug-likeness (QED) is 0.805. The number of fused-ring (bicyclic) bond motifs is 1. The van der Waals surface area contributed by atoms with Crippen molar-refractivity contribution in [3.63, 3.8) is 0 Å². The summed E-state index contributed by atoms with van der Waals surface area (Å²) in [5.41, 5.74) is 3.07. The van der Waals surface area contributed by atoms with E-state index in [0.717, 1.165) is 23.5 Å². The van der Waals surface area contributed by atoms with Crippen molar-refractivity contribution in [1.82, 2.24) is 14.3 Å². The van der Waals surface area contributed by atoms with Crippen molar-refractivity contribution in [2.45, 2.75) is 19.8 Å². The molecule has 0 radical (unpaired) electrons. The number of amides is 1. The van der Waals surface area contributed by atoms with E-state index in [1.54, 1.807) is 19.0 Å². The Morgan fingerprint density at radius 1 is 1.41 bits per heavy atom. The SMILES string of the molecule is Cc1nc2ccccn2c1CCC(=O)N(C)C. The van der Waals surface area contributed by atoms with Gasteiger partial charge in [0.2, 0.25) is 5.91 Å². The molecule has 0 bridgehead atoms. The molecule has 4 heteroatoms. The first-order chi connectivity index (χ1) is 8.09. The Kier molecular flexibility index (Phi) is 3.13. The van der Waals surface area contributed by atoms with E-state index in [1.807, 2.05) is 31.3 Å². The third-order valence-electron chi connectivity index (χ3n) is 2.90. The Bertz CT molecular complexity index is 543. The van der Waals surface area contributed by atoms with Crippen molar-refractivity contribution in [3.05, 3.63) is 35.8 Å². The minimum Gasteiger partial charge on any atom is -0.349 e. The lowest BCUT2D eigenvalue weighted by Crippen LogP contribution is -2.22. The minimum atomic E-state index is 0.148. The topological polar surface area (TPSA) is 37.6 Å². The zero-order valence-electron chi connectivity index (χ0n) is 10.5. The van der Waals surface area contributed by atoms with Crippen molar-refractivity contribution in [2.24, 2.45) is 0 Å². The van der Waals surface area contributed by atoms with E-state index in [2.05, 4.69) is 9.38 Å². The molecule has 0 unspecified atom stereocenters. The Morgan fingerprint density at radius 2 is 2.18 bits per heavy atom. The normalized spacial score (nSPS) is 10.8. The van der Waals surface area contributed by atoms with E-state index >= 15 is 0 Å². The van der Waals surface area contributed by atoms with Crippen molar-refractivity contribution < 1.29 is 4.79 Å². The minimum absolute atomic E-state index is 0.148. The highest BCUT2D eigenvalue weighted by atomic mass is 16.2. The van der Waals surface area contributed by atoms with Gasteiger partial charge < -0.3 is 9.30 Å². The van der Waals surface area contributed by atoms with Crippen LogP contribution in [0.3, 0.4) is 0 Å². The first-order valence-corrected chi connectivity index (χ1v) is 5.72. The number of hydrogen-bond acceptors (Lipinski definition) is 2. The molecule has 0 spiro atoms. The summed E-state index contributed by atoms with van der Waals surface area (Å²) in [5, 5.41) is 0. The molecule has 17 heavy (non-hydrogen) atoms. The van der Waals surface area contributed by atoms with Crippen LogP contribution in [0.5, 0.6) is 0 Å². The van der Waals surface area contributed by atoms with Crippen molar-refractivity contribution >= 4 is 11.6 Å². The molecular formula is C13H17N3O. The van der Waals surface area contributed by atoms with Gasteiger partial charge in [0.1, 0.15) is 5.65 Å². The second-order valence-electron chi connectivity index (χ2n) is 4.36. The molecule has 2 aromatic heterocycles. The number of hydrogen-bond donors (Lipinski definition) is 0. The largest absolute Gasteiger partial charge is 0.349 e.